The zero-order valence-corrected chi connectivity index (χ0v) is 13.8. The summed E-state index contributed by atoms with van der Waals surface area (Å²) in [5, 5.41) is 0. The number of sulfonamides is 1. The predicted octanol–water partition coefficient (Wildman–Crippen LogP) is 2.38. The van der Waals surface area contributed by atoms with Crippen molar-refractivity contribution in [1.29, 1.82) is 0 Å². The number of methoxy groups -OCH3 is 1. The lowest BCUT2D eigenvalue weighted by molar-refractivity contribution is -0.140. The van der Waals surface area contributed by atoms with Gasteiger partial charge in [0.1, 0.15) is 0 Å². The van der Waals surface area contributed by atoms with Gasteiger partial charge in [-0.3, -0.25) is 4.79 Å². The second kappa shape index (κ2) is 7.56. The van der Waals surface area contributed by atoms with Crippen molar-refractivity contribution in [3.05, 3.63) is 29.8 Å². The molecule has 0 bridgehead atoms. The Hall–Kier alpha value is -1.40. The molecule has 118 valence electrons. The fourth-order valence-electron chi connectivity index (χ4n) is 1.94. The molecule has 21 heavy (non-hydrogen) atoms. The lowest BCUT2D eigenvalue weighted by Gasteiger charge is -2.20. The summed E-state index contributed by atoms with van der Waals surface area (Å²) >= 11 is 0. The van der Waals surface area contributed by atoms with Gasteiger partial charge >= 0.3 is 5.97 Å². The van der Waals surface area contributed by atoms with Gasteiger partial charge in [-0.1, -0.05) is 32.9 Å². The van der Waals surface area contributed by atoms with Crippen LogP contribution in [-0.4, -0.2) is 38.9 Å². The van der Waals surface area contributed by atoms with Crippen LogP contribution in [0.5, 0.6) is 0 Å². The van der Waals surface area contributed by atoms with Crippen LogP contribution in [0.15, 0.2) is 29.2 Å². The highest BCUT2D eigenvalue weighted by Crippen LogP contribution is 2.20. The van der Waals surface area contributed by atoms with Crippen LogP contribution in [-0.2, 0) is 19.6 Å². The molecule has 6 heteroatoms. The van der Waals surface area contributed by atoms with E-state index in [0.717, 1.165) is 5.56 Å². The Bertz CT molecular complexity index is 564. The summed E-state index contributed by atoms with van der Waals surface area (Å²) in [6, 6.07) is 6.88. The van der Waals surface area contributed by atoms with Crippen LogP contribution in [0.2, 0.25) is 0 Å². The van der Waals surface area contributed by atoms with Crippen molar-refractivity contribution in [3.8, 4) is 0 Å². The standard InChI is InChI=1S/C15H23NO4S/c1-5-16(11-10-15(17)20-4)21(18,19)14-8-6-13(7-9-14)12(2)3/h6-9,12H,5,10-11H2,1-4H3. The number of ether oxygens (including phenoxy) is 1. The highest BCUT2D eigenvalue weighted by atomic mass is 32.2. The van der Waals surface area contributed by atoms with E-state index < -0.39 is 16.0 Å². The molecule has 0 saturated heterocycles. The van der Waals surface area contributed by atoms with E-state index in [0.29, 0.717) is 12.5 Å². The first-order valence-electron chi connectivity index (χ1n) is 6.99. The molecule has 1 aromatic carbocycles. The Morgan fingerprint density at radius 3 is 2.24 bits per heavy atom. The minimum absolute atomic E-state index is 0.0493. The Balaban J connectivity index is 2.93. The second-order valence-corrected chi connectivity index (χ2v) is 6.98. The Labute approximate surface area is 127 Å². The van der Waals surface area contributed by atoms with Crippen molar-refractivity contribution in [2.75, 3.05) is 20.2 Å². The number of hydrogen-bond acceptors (Lipinski definition) is 4. The average molecular weight is 313 g/mol. The molecule has 0 atom stereocenters. The summed E-state index contributed by atoms with van der Waals surface area (Å²) in [4.78, 5) is 11.4. The maximum atomic E-state index is 12.5. The third kappa shape index (κ3) is 4.54. The molecule has 0 saturated carbocycles. The van der Waals surface area contributed by atoms with Crippen molar-refractivity contribution >= 4 is 16.0 Å². The van der Waals surface area contributed by atoms with Crippen LogP contribution in [0.25, 0.3) is 0 Å². The molecule has 0 fully saturated rings. The summed E-state index contributed by atoms with van der Waals surface area (Å²) in [5.74, 6) is -0.0674. The molecular formula is C15H23NO4S. The largest absolute Gasteiger partial charge is 0.469 e. The number of carbonyl (C=O) groups excluding carboxylic acids is 1. The topological polar surface area (TPSA) is 63.7 Å². The molecule has 1 rings (SSSR count). The van der Waals surface area contributed by atoms with Gasteiger partial charge < -0.3 is 4.74 Å². The second-order valence-electron chi connectivity index (χ2n) is 5.05. The van der Waals surface area contributed by atoms with Crippen molar-refractivity contribution in [2.24, 2.45) is 0 Å². The zero-order valence-electron chi connectivity index (χ0n) is 13.0. The summed E-state index contributed by atoms with van der Waals surface area (Å²) in [5.41, 5.74) is 1.09. The van der Waals surface area contributed by atoms with E-state index in [-0.39, 0.29) is 17.9 Å². The molecular weight excluding hydrogens is 290 g/mol. The van der Waals surface area contributed by atoms with Gasteiger partial charge in [-0.25, -0.2) is 8.42 Å². The van der Waals surface area contributed by atoms with Crippen molar-refractivity contribution in [3.63, 3.8) is 0 Å². The maximum Gasteiger partial charge on any atom is 0.306 e. The predicted molar refractivity (Wildman–Crippen MR) is 81.6 cm³/mol. The first-order valence-corrected chi connectivity index (χ1v) is 8.43. The zero-order chi connectivity index (χ0) is 16.0. The third-order valence-corrected chi connectivity index (χ3v) is 5.32. The Morgan fingerprint density at radius 1 is 1.24 bits per heavy atom. The lowest BCUT2D eigenvalue weighted by Crippen LogP contribution is -2.33. The van der Waals surface area contributed by atoms with Gasteiger partial charge in [0.25, 0.3) is 0 Å². The summed E-state index contributed by atoms with van der Waals surface area (Å²) < 4.78 is 30.9. The quantitative estimate of drug-likeness (QED) is 0.725. The average Bonchev–Trinajstić information content (AvgIpc) is 2.47. The van der Waals surface area contributed by atoms with Crippen molar-refractivity contribution < 1.29 is 17.9 Å². The van der Waals surface area contributed by atoms with Gasteiger partial charge in [0.2, 0.25) is 10.0 Å². The first-order chi connectivity index (χ1) is 9.82. The summed E-state index contributed by atoms with van der Waals surface area (Å²) in [6.45, 7) is 6.29. The molecule has 0 amide bonds. The van der Waals surface area contributed by atoms with Crippen molar-refractivity contribution in [1.82, 2.24) is 4.31 Å². The third-order valence-electron chi connectivity index (χ3n) is 3.33. The number of rotatable bonds is 7. The van der Waals surface area contributed by atoms with Crippen LogP contribution in [0, 0.1) is 0 Å². The smallest absolute Gasteiger partial charge is 0.306 e. The SMILES string of the molecule is CCN(CCC(=O)OC)S(=O)(=O)c1ccc(C(C)C)cc1. The molecule has 0 aliphatic heterocycles. The summed E-state index contributed by atoms with van der Waals surface area (Å²) in [7, 11) is -2.28. The van der Waals surface area contributed by atoms with Crippen LogP contribution >= 0.6 is 0 Å². The number of esters is 1. The minimum Gasteiger partial charge on any atom is -0.469 e. The van der Waals surface area contributed by atoms with E-state index in [9.17, 15) is 13.2 Å². The van der Waals surface area contributed by atoms with Gasteiger partial charge in [-0.15, -0.1) is 0 Å². The van der Waals surface area contributed by atoms with E-state index in [1.54, 1.807) is 19.1 Å². The first kappa shape index (κ1) is 17.7. The molecule has 1 aromatic rings. The normalized spacial score (nSPS) is 11.9. The lowest BCUT2D eigenvalue weighted by atomic mass is 10.0. The molecule has 0 spiro atoms. The van der Waals surface area contributed by atoms with Gasteiger partial charge in [0.15, 0.2) is 0 Å². The van der Waals surface area contributed by atoms with Gasteiger partial charge in [0, 0.05) is 13.1 Å². The highest BCUT2D eigenvalue weighted by Gasteiger charge is 2.23. The molecule has 0 radical (unpaired) electrons. The van der Waals surface area contributed by atoms with E-state index in [2.05, 4.69) is 18.6 Å². The monoisotopic (exact) mass is 313 g/mol. The van der Waals surface area contributed by atoms with E-state index in [1.165, 1.54) is 11.4 Å². The number of nitrogens with zero attached hydrogens (tertiary/aromatic N) is 1. The minimum atomic E-state index is -3.57. The van der Waals surface area contributed by atoms with Crippen LogP contribution < -0.4 is 0 Å². The van der Waals surface area contributed by atoms with E-state index in [4.69, 9.17) is 0 Å². The van der Waals surface area contributed by atoms with E-state index in [1.807, 2.05) is 12.1 Å². The number of benzene rings is 1. The fourth-order valence-corrected chi connectivity index (χ4v) is 3.39. The molecule has 0 N–H and O–H groups in total. The molecule has 0 heterocycles. The Morgan fingerprint density at radius 2 is 1.81 bits per heavy atom. The summed E-state index contributed by atoms with van der Waals surface area (Å²) in [6.07, 6.45) is 0.0493. The van der Waals surface area contributed by atoms with Gasteiger partial charge in [-0.2, -0.15) is 4.31 Å². The van der Waals surface area contributed by atoms with Crippen LogP contribution in [0.4, 0.5) is 0 Å². The van der Waals surface area contributed by atoms with Crippen LogP contribution in [0.1, 0.15) is 38.7 Å². The fraction of sp³-hybridized carbons (Fsp3) is 0.533. The molecule has 0 aliphatic carbocycles. The van der Waals surface area contributed by atoms with Crippen molar-refractivity contribution in [2.45, 2.75) is 38.0 Å². The maximum absolute atomic E-state index is 12.5. The number of hydrogen-bond donors (Lipinski definition) is 0. The number of carbonyl (C=O) groups is 1. The van der Waals surface area contributed by atoms with Gasteiger partial charge in [-0.05, 0) is 23.6 Å². The molecule has 5 nitrogen and oxygen atoms in total. The molecule has 0 aromatic heterocycles. The van der Waals surface area contributed by atoms with Gasteiger partial charge in [0.05, 0.1) is 18.4 Å². The van der Waals surface area contributed by atoms with Crippen LogP contribution in [0.3, 0.4) is 0 Å². The highest BCUT2D eigenvalue weighted by molar-refractivity contribution is 7.89. The Kier molecular flexibility index (Phi) is 6.36. The molecule has 0 unspecified atom stereocenters. The van der Waals surface area contributed by atoms with E-state index >= 15 is 0 Å². The molecule has 0 aliphatic rings.